The highest BCUT2D eigenvalue weighted by Crippen LogP contribution is 2.35. The van der Waals surface area contributed by atoms with E-state index in [1.165, 1.54) is 5.56 Å². The smallest absolute Gasteiger partial charge is 0.101 e. The lowest BCUT2D eigenvalue weighted by Crippen LogP contribution is -2.47. The van der Waals surface area contributed by atoms with Crippen LogP contribution in [0.5, 0.6) is 0 Å². The summed E-state index contributed by atoms with van der Waals surface area (Å²) in [6.45, 7) is 19.1. The van der Waals surface area contributed by atoms with Crippen molar-refractivity contribution in [1.82, 2.24) is 5.06 Å². The molecule has 2 atom stereocenters. The summed E-state index contributed by atoms with van der Waals surface area (Å²) in [6, 6.07) is 10.8. The normalized spacial score (nSPS) is 15.8. The standard InChI is InChI=1S/C23H35NO/c1-9-11-15-20(10-2)19(5)25-24(23(6,7)8)22(18(3)4)21-16-13-12-14-17-21/h9-19,22H,2H2,1,3-8H3/b11-9-,20-15+. The van der Waals surface area contributed by atoms with Gasteiger partial charge in [0.15, 0.2) is 0 Å². The molecule has 0 fully saturated rings. The van der Waals surface area contributed by atoms with Crippen LogP contribution in [-0.2, 0) is 4.84 Å². The Morgan fingerprint density at radius 3 is 2.16 bits per heavy atom. The van der Waals surface area contributed by atoms with E-state index < -0.39 is 0 Å². The molecule has 0 aliphatic heterocycles. The Morgan fingerprint density at radius 2 is 1.72 bits per heavy atom. The topological polar surface area (TPSA) is 12.5 Å². The molecule has 2 heteroatoms. The van der Waals surface area contributed by atoms with E-state index in [-0.39, 0.29) is 17.7 Å². The van der Waals surface area contributed by atoms with Crippen LogP contribution in [0.15, 0.2) is 66.8 Å². The number of allylic oxidation sites excluding steroid dienone is 3. The number of hydroxylamine groups is 2. The van der Waals surface area contributed by atoms with Gasteiger partial charge in [-0.2, -0.15) is 5.06 Å². The first-order chi connectivity index (χ1) is 11.7. The zero-order valence-corrected chi connectivity index (χ0v) is 17.0. The molecule has 138 valence electrons. The molecule has 0 spiro atoms. The predicted octanol–water partition coefficient (Wildman–Crippen LogP) is 6.49. The third-order valence-electron chi connectivity index (χ3n) is 4.14. The number of rotatable bonds is 8. The van der Waals surface area contributed by atoms with Gasteiger partial charge in [0.05, 0.1) is 6.04 Å². The Labute approximate surface area is 154 Å². The Morgan fingerprint density at radius 1 is 1.12 bits per heavy atom. The fourth-order valence-corrected chi connectivity index (χ4v) is 2.89. The van der Waals surface area contributed by atoms with Crippen molar-refractivity contribution in [1.29, 1.82) is 0 Å². The van der Waals surface area contributed by atoms with E-state index in [4.69, 9.17) is 4.84 Å². The lowest BCUT2D eigenvalue weighted by atomic mass is 9.92. The summed E-state index contributed by atoms with van der Waals surface area (Å²) in [5.74, 6) is 0.417. The molecule has 0 aliphatic rings. The molecule has 0 radical (unpaired) electrons. The zero-order chi connectivity index (χ0) is 19.0. The molecule has 0 aliphatic carbocycles. The van der Waals surface area contributed by atoms with Crippen LogP contribution in [0.2, 0.25) is 0 Å². The summed E-state index contributed by atoms with van der Waals surface area (Å²) in [5.41, 5.74) is 2.21. The van der Waals surface area contributed by atoms with Gasteiger partial charge in [-0.05, 0) is 51.7 Å². The summed E-state index contributed by atoms with van der Waals surface area (Å²) in [6.07, 6.45) is 7.90. The highest BCUT2D eigenvalue weighted by Gasteiger charge is 2.34. The molecular formula is C23H35NO. The van der Waals surface area contributed by atoms with Crippen molar-refractivity contribution in [3.63, 3.8) is 0 Å². The molecule has 0 heterocycles. The first kappa shape index (κ1) is 21.4. The van der Waals surface area contributed by atoms with E-state index in [0.29, 0.717) is 5.92 Å². The van der Waals surface area contributed by atoms with Crippen molar-refractivity contribution >= 4 is 0 Å². The van der Waals surface area contributed by atoms with E-state index >= 15 is 0 Å². The van der Waals surface area contributed by atoms with Crippen molar-refractivity contribution in [2.45, 2.75) is 66.2 Å². The van der Waals surface area contributed by atoms with E-state index in [9.17, 15) is 0 Å². The average Bonchev–Trinajstić information content (AvgIpc) is 2.54. The Kier molecular flexibility index (Phi) is 8.34. The van der Waals surface area contributed by atoms with Gasteiger partial charge >= 0.3 is 0 Å². The molecule has 0 saturated carbocycles. The van der Waals surface area contributed by atoms with Crippen LogP contribution < -0.4 is 0 Å². The Balaban J connectivity index is 3.21. The van der Waals surface area contributed by atoms with Gasteiger partial charge in [-0.25, -0.2) is 0 Å². The molecule has 0 bridgehead atoms. The third kappa shape index (κ3) is 6.30. The number of nitrogens with zero attached hydrogens (tertiary/aromatic N) is 1. The first-order valence-corrected chi connectivity index (χ1v) is 9.18. The summed E-state index contributed by atoms with van der Waals surface area (Å²) in [4.78, 5) is 6.50. The second kappa shape index (κ2) is 9.74. The molecule has 0 aromatic heterocycles. The largest absolute Gasteiger partial charge is 0.290 e. The van der Waals surface area contributed by atoms with Crippen LogP contribution in [0.4, 0.5) is 0 Å². The lowest BCUT2D eigenvalue weighted by Gasteiger charge is -2.44. The van der Waals surface area contributed by atoms with E-state index in [1.54, 1.807) is 0 Å². The molecule has 25 heavy (non-hydrogen) atoms. The molecule has 1 aromatic carbocycles. The first-order valence-electron chi connectivity index (χ1n) is 9.18. The summed E-state index contributed by atoms with van der Waals surface area (Å²) < 4.78 is 0. The second-order valence-electron chi connectivity index (χ2n) is 7.74. The third-order valence-corrected chi connectivity index (χ3v) is 4.14. The van der Waals surface area contributed by atoms with Gasteiger partial charge in [-0.1, -0.05) is 75.1 Å². The van der Waals surface area contributed by atoms with Crippen LogP contribution in [-0.4, -0.2) is 16.7 Å². The van der Waals surface area contributed by atoms with E-state index in [1.807, 2.05) is 25.2 Å². The van der Waals surface area contributed by atoms with Crippen molar-refractivity contribution in [2.24, 2.45) is 5.92 Å². The molecule has 0 amide bonds. The molecule has 0 N–H and O–H groups in total. The maximum Gasteiger partial charge on any atom is 0.101 e. The lowest BCUT2D eigenvalue weighted by molar-refractivity contribution is -0.261. The van der Waals surface area contributed by atoms with Crippen LogP contribution >= 0.6 is 0 Å². The van der Waals surface area contributed by atoms with Gasteiger partial charge in [-0.3, -0.25) is 4.84 Å². The Bertz CT molecular complexity index is 578. The van der Waals surface area contributed by atoms with Gasteiger partial charge in [-0.15, -0.1) is 0 Å². The number of hydrogen-bond acceptors (Lipinski definition) is 2. The molecule has 0 saturated heterocycles. The highest BCUT2D eigenvalue weighted by molar-refractivity contribution is 5.25. The molecule has 1 aromatic rings. The zero-order valence-electron chi connectivity index (χ0n) is 17.0. The molecule has 2 unspecified atom stereocenters. The second-order valence-corrected chi connectivity index (χ2v) is 7.74. The van der Waals surface area contributed by atoms with Gasteiger partial charge in [0, 0.05) is 5.54 Å². The van der Waals surface area contributed by atoms with Crippen LogP contribution in [0, 0.1) is 5.92 Å². The maximum absolute atomic E-state index is 6.50. The molecular weight excluding hydrogens is 306 g/mol. The van der Waals surface area contributed by atoms with Crippen LogP contribution in [0.25, 0.3) is 0 Å². The van der Waals surface area contributed by atoms with Gasteiger partial charge in [0.1, 0.15) is 6.10 Å². The Hall–Kier alpha value is -1.64. The number of benzene rings is 1. The monoisotopic (exact) mass is 341 g/mol. The van der Waals surface area contributed by atoms with Gasteiger partial charge in [0.25, 0.3) is 0 Å². The van der Waals surface area contributed by atoms with Crippen molar-refractivity contribution in [2.75, 3.05) is 0 Å². The van der Waals surface area contributed by atoms with E-state index in [2.05, 4.69) is 89.6 Å². The van der Waals surface area contributed by atoms with E-state index in [0.717, 1.165) is 5.57 Å². The molecule has 1 rings (SSSR count). The summed E-state index contributed by atoms with van der Waals surface area (Å²) >= 11 is 0. The SMILES string of the molecule is C=C/C(=C\C=C/C)C(C)ON(C(c1ccccc1)C(C)C)C(C)(C)C. The quantitative estimate of drug-likeness (QED) is 0.395. The summed E-state index contributed by atoms with van der Waals surface area (Å²) in [7, 11) is 0. The minimum Gasteiger partial charge on any atom is -0.290 e. The van der Waals surface area contributed by atoms with Crippen molar-refractivity contribution in [3.8, 4) is 0 Å². The average molecular weight is 342 g/mol. The predicted molar refractivity (Wildman–Crippen MR) is 109 cm³/mol. The van der Waals surface area contributed by atoms with Crippen molar-refractivity contribution in [3.05, 3.63) is 72.4 Å². The van der Waals surface area contributed by atoms with Crippen molar-refractivity contribution < 1.29 is 4.84 Å². The minimum atomic E-state index is -0.133. The van der Waals surface area contributed by atoms with Crippen LogP contribution in [0.3, 0.4) is 0 Å². The fourth-order valence-electron chi connectivity index (χ4n) is 2.89. The van der Waals surface area contributed by atoms with Crippen LogP contribution in [0.1, 0.15) is 60.1 Å². The minimum absolute atomic E-state index is 0.0714. The molecule has 2 nitrogen and oxygen atoms in total. The fraction of sp³-hybridized carbons (Fsp3) is 0.478. The maximum atomic E-state index is 6.50. The van der Waals surface area contributed by atoms with Gasteiger partial charge in [0.2, 0.25) is 0 Å². The highest BCUT2D eigenvalue weighted by atomic mass is 16.7. The number of hydrogen-bond donors (Lipinski definition) is 0. The van der Waals surface area contributed by atoms with Gasteiger partial charge < -0.3 is 0 Å². The summed E-state index contributed by atoms with van der Waals surface area (Å²) in [5, 5.41) is 2.16.